The zero-order chi connectivity index (χ0) is 21.3. The van der Waals surface area contributed by atoms with Crippen molar-refractivity contribution in [3.05, 3.63) is 11.6 Å². The molecule has 0 bridgehead atoms. The average molecular weight is 414 g/mol. The summed E-state index contributed by atoms with van der Waals surface area (Å²) >= 11 is 0. The molecule has 4 N–H and O–H groups in total. The van der Waals surface area contributed by atoms with E-state index in [0.29, 0.717) is 23.3 Å². The number of fused-ring (bicyclic) bond motifs is 1. The van der Waals surface area contributed by atoms with Crippen LogP contribution in [0.5, 0.6) is 0 Å². The van der Waals surface area contributed by atoms with Crippen molar-refractivity contribution >= 4 is 28.9 Å². The Kier molecular flexibility index (Phi) is 5.87. The van der Waals surface area contributed by atoms with Crippen molar-refractivity contribution in [2.75, 3.05) is 5.32 Å². The van der Waals surface area contributed by atoms with Crippen LogP contribution in [0.3, 0.4) is 0 Å². The van der Waals surface area contributed by atoms with Gasteiger partial charge in [0, 0.05) is 12.6 Å². The van der Waals surface area contributed by atoms with Gasteiger partial charge in [0.05, 0.1) is 0 Å². The Hall–Kier alpha value is -2.71. The number of amidine groups is 1. The molecule has 30 heavy (non-hydrogen) atoms. The van der Waals surface area contributed by atoms with Crippen molar-refractivity contribution < 1.29 is 9.90 Å². The van der Waals surface area contributed by atoms with Crippen LogP contribution < -0.4 is 10.6 Å². The van der Waals surface area contributed by atoms with Crippen molar-refractivity contribution in [3.63, 3.8) is 0 Å². The first-order valence-corrected chi connectivity index (χ1v) is 11.0. The topological polar surface area (TPSA) is 129 Å². The van der Waals surface area contributed by atoms with E-state index in [2.05, 4.69) is 31.8 Å². The van der Waals surface area contributed by atoms with E-state index in [-0.39, 0.29) is 17.7 Å². The van der Waals surface area contributed by atoms with E-state index in [1.807, 2.05) is 12.2 Å². The summed E-state index contributed by atoms with van der Waals surface area (Å²) in [6, 6.07) is 0.240. The fourth-order valence-corrected chi connectivity index (χ4v) is 4.64. The first-order chi connectivity index (χ1) is 14.4. The molecule has 0 spiro atoms. The van der Waals surface area contributed by atoms with Gasteiger partial charge in [-0.3, -0.25) is 10.7 Å². The summed E-state index contributed by atoms with van der Waals surface area (Å²) in [5.41, 5.74) is 1.37. The molecule has 0 aromatic carbocycles. The van der Waals surface area contributed by atoms with E-state index in [4.69, 9.17) is 10.5 Å². The molecule has 2 aliphatic rings. The summed E-state index contributed by atoms with van der Waals surface area (Å²) in [4.78, 5) is 24.6. The predicted octanol–water partition coefficient (Wildman–Crippen LogP) is 3.91. The van der Waals surface area contributed by atoms with Gasteiger partial charge in [0.15, 0.2) is 23.1 Å². The number of carbonyl (C=O) groups is 1. The van der Waals surface area contributed by atoms with Gasteiger partial charge in [0.1, 0.15) is 11.3 Å². The number of nitrogens with zero attached hydrogens (tertiary/aromatic N) is 4. The molecule has 2 heterocycles. The third-order valence-corrected chi connectivity index (χ3v) is 6.64. The Balaban J connectivity index is 1.73. The lowest BCUT2D eigenvalue weighted by Crippen LogP contribution is -2.33. The predicted molar refractivity (Wildman–Crippen MR) is 115 cm³/mol. The summed E-state index contributed by atoms with van der Waals surface area (Å²) in [5, 5.41) is 22.6. The van der Waals surface area contributed by atoms with Gasteiger partial charge in [0.2, 0.25) is 0 Å². The summed E-state index contributed by atoms with van der Waals surface area (Å²) in [6.07, 6.45) is 8.68. The van der Waals surface area contributed by atoms with Gasteiger partial charge in [-0.15, -0.1) is 0 Å². The molecule has 4 rings (SSSR count). The highest BCUT2D eigenvalue weighted by Crippen LogP contribution is 2.33. The molecule has 9 nitrogen and oxygen atoms in total. The summed E-state index contributed by atoms with van der Waals surface area (Å²) in [6.45, 7) is 5.03. The fraction of sp³-hybridized carbons (Fsp3) is 0.667. The molecular formula is C21H31N7O2. The molecule has 2 fully saturated rings. The number of anilines is 1. The SMILES string of the molecule is Cc1nc2nc(C(=N)NC(=O)O)nc(N[C@H](C)C3CCC3)c2n1CC1CCCCC1. The number of nitrogens with one attached hydrogen (secondary N) is 3. The Bertz CT molecular complexity index is 944. The van der Waals surface area contributed by atoms with E-state index in [0.717, 1.165) is 17.9 Å². The molecule has 2 aromatic rings. The minimum atomic E-state index is -1.31. The maximum Gasteiger partial charge on any atom is 0.410 e. The molecule has 162 valence electrons. The molecule has 0 aliphatic heterocycles. The average Bonchev–Trinajstić information content (AvgIpc) is 2.96. The number of imidazole rings is 1. The molecule has 2 aliphatic carbocycles. The second-order valence-electron chi connectivity index (χ2n) is 8.77. The number of hydrogen-bond donors (Lipinski definition) is 4. The molecule has 0 unspecified atom stereocenters. The third-order valence-electron chi connectivity index (χ3n) is 6.64. The van der Waals surface area contributed by atoms with E-state index < -0.39 is 6.09 Å². The van der Waals surface area contributed by atoms with Crippen LogP contribution in [0.4, 0.5) is 10.6 Å². The highest BCUT2D eigenvalue weighted by atomic mass is 16.4. The lowest BCUT2D eigenvalue weighted by molar-refractivity contribution is 0.200. The molecule has 0 radical (unpaired) electrons. The monoisotopic (exact) mass is 413 g/mol. The van der Waals surface area contributed by atoms with Crippen molar-refractivity contribution in [1.82, 2.24) is 24.8 Å². The van der Waals surface area contributed by atoms with E-state index >= 15 is 0 Å². The number of amides is 1. The maximum atomic E-state index is 11.0. The molecule has 9 heteroatoms. The van der Waals surface area contributed by atoms with Crippen molar-refractivity contribution in [2.45, 2.75) is 77.8 Å². The van der Waals surface area contributed by atoms with Gasteiger partial charge in [-0.1, -0.05) is 25.7 Å². The lowest BCUT2D eigenvalue weighted by Gasteiger charge is -2.32. The summed E-state index contributed by atoms with van der Waals surface area (Å²) in [7, 11) is 0. The van der Waals surface area contributed by atoms with Gasteiger partial charge in [0.25, 0.3) is 0 Å². The first-order valence-electron chi connectivity index (χ1n) is 11.0. The van der Waals surface area contributed by atoms with Crippen molar-refractivity contribution in [2.24, 2.45) is 11.8 Å². The largest absolute Gasteiger partial charge is 0.465 e. The van der Waals surface area contributed by atoms with Crippen LogP contribution in [0, 0.1) is 24.2 Å². The Labute approximate surface area is 176 Å². The molecule has 2 aromatic heterocycles. The molecule has 0 saturated heterocycles. The molecule has 1 amide bonds. The van der Waals surface area contributed by atoms with Crippen LogP contribution in [-0.2, 0) is 6.54 Å². The molecule has 1 atom stereocenters. The maximum absolute atomic E-state index is 11.0. The van der Waals surface area contributed by atoms with Gasteiger partial charge in [-0.25, -0.2) is 19.7 Å². The van der Waals surface area contributed by atoms with Gasteiger partial charge < -0.3 is 15.0 Å². The normalized spacial score (nSPS) is 18.7. The van der Waals surface area contributed by atoms with Crippen molar-refractivity contribution in [1.29, 1.82) is 5.41 Å². The lowest BCUT2D eigenvalue weighted by atomic mass is 9.80. The Morgan fingerprint density at radius 1 is 1.17 bits per heavy atom. The summed E-state index contributed by atoms with van der Waals surface area (Å²) < 4.78 is 2.21. The highest BCUT2D eigenvalue weighted by molar-refractivity contribution is 6.03. The van der Waals surface area contributed by atoms with Crippen LogP contribution >= 0.6 is 0 Å². The fourth-order valence-electron chi connectivity index (χ4n) is 4.64. The standard InChI is InChI=1S/C21H31N7O2/c1-12(15-9-6-10-15)23-18-16-19(27-20(26-18)17(22)25-21(29)30)24-13(2)28(16)11-14-7-4-3-5-8-14/h12,14-15H,3-11H2,1-2H3,(H2,22,25)(H,29,30)(H,23,26,27)/t12-/m1/s1. The molecular weight excluding hydrogens is 382 g/mol. The number of carboxylic acid groups (broad SMARTS) is 1. The summed E-state index contributed by atoms with van der Waals surface area (Å²) in [5.74, 6) is 2.44. The van der Waals surface area contributed by atoms with Crippen LogP contribution in [-0.4, -0.2) is 42.6 Å². The number of aryl methyl sites for hydroxylation is 1. The van der Waals surface area contributed by atoms with E-state index in [9.17, 15) is 4.79 Å². The first kappa shape index (κ1) is 20.6. The van der Waals surface area contributed by atoms with Crippen LogP contribution in [0.1, 0.15) is 69.9 Å². The Morgan fingerprint density at radius 2 is 1.90 bits per heavy atom. The quantitative estimate of drug-likeness (QED) is 0.420. The zero-order valence-electron chi connectivity index (χ0n) is 17.7. The minimum Gasteiger partial charge on any atom is -0.465 e. The zero-order valence-corrected chi connectivity index (χ0v) is 17.7. The van der Waals surface area contributed by atoms with E-state index in [1.165, 1.54) is 51.4 Å². The number of rotatable bonds is 6. The Morgan fingerprint density at radius 3 is 2.53 bits per heavy atom. The smallest absolute Gasteiger partial charge is 0.410 e. The second-order valence-corrected chi connectivity index (χ2v) is 8.77. The molecule has 2 saturated carbocycles. The third kappa shape index (κ3) is 4.24. The van der Waals surface area contributed by atoms with Crippen LogP contribution in [0.15, 0.2) is 0 Å². The highest BCUT2D eigenvalue weighted by Gasteiger charge is 2.27. The van der Waals surface area contributed by atoms with E-state index in [1.54, 1.807) is 0 Å². The van der Waals surface area contributed by atoms with Crippen molar-refractivity contribution in [3.8, 4) is 0 Å². The number of hydrogen-bond acceptors (Lipinski definition) is 6. The van der Waals surface area contributed by atoms with Crippen LogP contribution in [0.25, 0.3) is 11.2 Å². The minimum absolute atomic E-state index is 0.0375. The van der Waals surface area contributed by atoms with Gasteiger partial charge in [-0.2, -0.15) is 0 Å². The van der Waals surface area contributed by atoms with Gasteiger partial charge in [-0.05, 0) is 51.4 Å². The van der Waals surface area contributed by atoms with Crippen LogP contribution in [0.2, 0.25) is 0 Å². The number of aromatic nitrogens is 4. The second kappa shape index (κ2) is 8.57. The van der Waals surface area contributed by atoms with Gasteiger partial charge >= 0.3 is 6.09 Å².